The van der Waals surface area contributed by atoms with Crippen LogP contribution < -0.4 is 5.32 Å². The van der Waals surface area contributed by atoms with E-state index in [0.29, 0.717) is 11.4 Å². The lowest BCUT2D eigenvalue weighted by Crippen LogP contribution is -2.35. The number of pyridine rings is 1. The summed E-state index contributed by atoms with van der Waals surface area (Å²) in [4.78, 5) is 29.3. The van der Waals surface area contributed by atoms with E-state index in [1.807, 2.05) is 18.2 Å². The molecular formula is C15H14BrN3O2. The molecule has 0 aliphatic heterocycles. The number of para-hydroxylation sites is 1. The largest absolute Gasteiger partial charge is 0.331 e. The number of amides is 2. The van der Waals surface area contributed by atoms with Crippen LogP contribution in [-0.4, -0.2) is 35.3 Å². The number of halogens is 1. The van der Waals surface area contributed by atoms with Crippen molar-refractivity contribution in [2.75, 3.05) is 18.9 Å². The maximum absolute atomic E-state index is 12.1. The molecule has 2 rings (SSSR count). The molecule has 0 aliphatic carbocycles. The Balaban J connectivity index is 1.97. The zero-order valence-corrected chi connectivity index (χ0v) is 13.0. The highest BCUT2D eigenvalue weighted by Crippen LogP contribution is 2.20. The van der Waals surface area contributed by atoms with Crippen molar-refractivity contribution in [3.8, 4) is 0 Å². The standard InChI is InChI=1S/C15H14BrN3O2/c1-19(15(21)13-8-4-5-9-17-13)10-14(20)18-12-7-3-2-6-11(12)16/h2-9H,10H2,1H3,(H,18,20). The third kappa shape index (κ3) is 4.13. The minimum absolute atomic E-state index is 0.0449. The molecular weight excluding hydrogens is 334 g/mol. The van der Waals surface area contributed by atoms with E-state index in [2.05, 4.69) is 26.2 Å². The van der Waals surface area contributed by atoms with Crippen LogP contribution in [0.25, 0.3) is 0 Å². The van der Waals surface area contributed by atoms with Gasteiger partial charge in [-0.3, -0.25) is 14.6 Å². The molecule has 0 bridgehead atoms. The number of carbonyl (C=O) groups is 2. The Morgan fingerprint density at radius 3 is 2.57 bits per heavy atom. The summed E-state index contributed by atoms with van der Waals surface area (Å²) >= 11 is 3.35. The number of carbonyl (C=O) groups excluding carboxylic acids is 2. The molecule has 0 atom stereocenters. The van der Waals surface area contributed by atoms with Gasteiger partial charge in [0, 0.05) is 17.7 Å². The van der Waals surface area contributed by atoms with Gasteiger partial charge in [0.15, 0.2) is 0 Å². The molecule has 1 N–H and O–H groups in total. The second-order valence-corrected chi connectivity index (χ2v) is 5.26. The summed E-state index contributed by atoms with van der Waals surface area (Å²) in [5, 5.41) is 2.75. The number of rotatable bonds is 4. The van der Waals surface area contributed by atoms with Crippen LogP contribution in [0.3, 0.4) is 0 Å². The van der Waals surface area contributed by atoms with Gasteiger partial charge in [-0.2, -0.15) is 0 Å². The Morgan fingerprint density at radius 2 is 1.90 bits per heavy atom. The van der Waals surface area contributed by atoms with E-state index in [0.717, 1.165) is 4.47 Å². The lowest BCUT2D eigenvalue weighted by molar-refractivity contribution is -0.116. The smallest absolute Gasteiger partial charge is 0.272 e. The van der Waals surface area contributed by atoms with Crippen molar-refractivity contribution < 1.29 is 9.59 Å². The quantitative estimate of drug-likeness (QED) is 0.924. The van der Waals surface area contributed by atoms with E-state index in [1.54, 1.807) is 37.5 Å². The number of hydrogen-bond donors (Lipinski definition) is 1. The average molecular weight is 348 g/mol. The van der Waals surface area contributed by atoms with E-state index in [4.69, 9.17) is 0 Å². The Bertz CT molecular complexity index is 646. The van der Waals surface area contributed by atoms with Crippen LogP contribution in [0.4, 0.5) is 5.69 Å². The zero-order valence-electron chi connectivity index (χ0n) is 11.4. The molecule has 0 fully saturated rings. The Morgan fingerprint density at radius 1 is 1.19 bits per heavy atom. The molecule has 0 spiro atoms. The van der Waals surface area contributed by atoms with E-state index in [1.165, 1.54) is 4.90 Å². The highest BCUT2D eigenvalue weighted by Gasteiger charge is 2.16. The van der Waals surface area contributed by atoms with Crippen LogP contribution in [0.2, 0.25) is 0 Å². The van der Waals surface area contributed by atoms with Gasteiger partial charge < -0.3 is 10.2 Å². The van der Waals surface area contributed by atoms with Gasteiger partial charge in [0.2, 0.25) is 5.91 Å². The second kappa shape index (κ2) is 6.99. The van der Waals surface area contributed by atoms with Crippen LogP contribution >= 0.6 is 15.9 Å². The summed E-state index contributed by atoms with van der Waals surface area (Å²) in [5.41, 5.74) is 0.981. The summed E-state index contributed by atoms with van der Waals surface area (Å²) in [6.45, 7) is -0.0449. The van der Waals surface area contributed by atoms with Gasteiger partial charge >= 0.3 is 0 Å². The molecule has 21 heavy (non-hydrogen) atoms. The molecule has 2 aromatic rings. The molecule has 0 radical (unpaired) electrons. The van der Waals surface area contributed by atoms with Gasteiger partial charge in [-0.1, -0.05) is 18.2 Å². The normalized spacial score (nSPS) is 10.0. The Labute approximate surface area is 131 Å². The number of likely N-dealkylation sites (N-methyl/N-ethyl adjacent to an activating group) is 1. The molecule has 0 saturated carbocycles. The predicted octanol–water partition coefficient (Wildman–Crippen LogP) is 2.55. The number of aromatic nitrogens is 1. The fourth-order valence-corrected chi connectivity index (χ4v) is 2.11. The molecule has 1 heterocycles. The highest BCUT2D eigenvalue weighted by atomic mass is 79.9. The number of benzene rings is 1. The first-order chi connectivity index (χ1) is 10.1. The van der Waals surface area contributed by atoms with Crippen LogP contribution in [0.15, 0.2) is 53.1 Å². The lowest BCUT2D eigenvalue weighted by Gasteiger charge is -2.16. The number of anilines is 1. The maximum Gasteiger partial charge on any atom is 0.272 e. The van der Waals surface area contributed by atoms with E-state index < -0.39 is 0 Å². The molecule has 5 nitrogen and oxygen atoms in total. The number of nitrogens with one attached hydrogen (secondary N) is 1. The predicted molar refractivity (Wildman–Crippen MR) is 84.0 cm³/mol. The fourth-order valence-electron chi connectivity index (χ4n) is 1.72. The Kier molecular flexibility index (Phi) is 5.05. The summed E-state index contributed by atoms with van der Waals surface area (Å²) in [7, 11) is 1.57. The van der Waals surface area contributed by atoms with Crippen LogP contribution in [0.1, 0.15) is 10.5 Å². The first-order valence-electron chi connectivity index (χ1n) is 6.29. The third-order valence-corrected chi connectivity index (χ3v) is 3.45. The van der Waals surface area contributed by atoms with Crippen molar-refractivity contribution in [2.24, 2.45) is 0 Å². The van der Waals surface area contributed by atoms with E-state index in [-0.39, 0.29) is 18.4 Å². The van der Waals surface area contributed by atoms with Gasteiger partial charge in [-0.05, 0) is 40.2 Å². The summed E-state index contributed by atoms with van der Waals surface area (Å²) in [6, 6.07) is 12.4. The molecule has 6 heteroatoms. The Hall–Kier alpha value is -2.21. The van der Waals surface area contributed by atoms with Gasteiger partial charge in [-0.15, -0.1) is 0 Å². The molecule has 0 saturated heterocycles. The van der Waals surface area contributed by atoms with Gasteiger partial charge in [-0.25, -0.2) is 0 Å². The maximum atomic E-state index is 12.1. The van der Waals surface area contributed by atoms with Crippen molar-refractivity contribution >= 4 is 33.4 Å². The van der Waals surface area contributed by atoms with Crippen LogP contribution in [-0.2, 0) is 4.79 Å². The van der Waals surface area contributed by atoms with Crippen LogP contribution in [0, 0.1) is 0 Å². The second-order valence-electron chi connectivity index (χ2n) is 4.40. The molecule has 2 amide bonds. The number of hydrogen-bond acceptors (Lipinski definition) is 3. The van der Waals surface area contributed by atoms with Crippen LogP contribution in [0.5, 0.6) is 0 Å². The fraction of sp³-hybridized carbons (Fsp3) is 0.133. The van der Waals surface area contributed by atoms with Gasteiger partial charge in [0.05, 0.1) is 12.2 Å². The SMILES string of the molecule is CN(CC(=O)Nc1ccccc1Br)C(=O)c1ccccn1. The van der Waals surface area contributed by atoms with Crippen molar-refractivity contribution in [3.63, 3.8) is 0 Å². The summed E-state index contributed by atoms with van der Waals surface area (Å²) < 4.78 is 0.789. The monoisotopic (exact) mass is 347 g/mol. The van der Waals surface area contributed by atoms with Crippen molar-refractivity contribution in [2.45, 2.75) is 0 Å². The molecule has 108 valence electrons. The first-order valence-corrected chi connectivity index (χ1v) is 7.08. The van der Waals surface area contributed by atoms with Crippen molar-refractivity contribution in [3.05, 3.63) is 58.8 Å². The minimum atomic E-state index is -0.294. The van der Waals surface area contributed by atoms with E-state index >= 15 is 0 Å². The molecule has 1 aromatic carbocycles. The topological polar surface area (TPSA) is 62.3 Å². The minimum Gasteiger partial charge on any atom is -0.331 e. The lowest BCUT2D eigenvalue weighted by atomic mass is 10.3. The molecule has 0 unspecified atom stereocenters. The summed E-state index contributed by atoms with van der Waals surface area (Å²) in [6.07, 6.45) is 1.54. The van der Waals surface area contributed by atoms with Gasteiger partial charge in [0.25, 0.3) is 5.91 Å². The van der Waals surface area contributed by atoms with E-state index in [9.17, 15) is 9.59 Å². The van der Waals surface area contributed by atoms with Crippen molar-refractivity contribution in [1.82, 2.24) is 9.88 Å². The van der Waals surface area contributed by atoms with Gasteiger partial charge in [0.1, 0.15) is 5.69 Å². The molecule has 1 aromatic heterocycles. The summed E-state index contributed by atoms with van der Waals surface area (Å²) in [5.74, 6) is -0.563. The highest BCUT2D eigenvalue weighted by molar-refractivity contribution is 9.10. The third-order valence-electron chi connectivity index (χ3n) is 2.76. The zero-order chi connectivity index (χ0) is 15.2. The number of nitrogens with zero attached hydrogens (tertiary/aromatic N) is 2. The average Bonchev–Trinajstić information content (AvgIpc) is 2.49. The first kappa shape index (κ1) is 15.2. The van der Waals surface area contributed by atoms with Crippen molar-refractivity contribution in [1.29, 1.82) is 0 Å². The molecule has 0 aliphatic rings.